The molecular formula is C22H26N2O4S. The Morgan fingerprint density at radius 2 is 2.10 bits per heavy atom. The third-order valence-corrected chi connectivity index (χ3v) is 6.04. The molecule has 29 heavy (non-hydrogen) atoms. The summed E-state index contributed by atoms with van der Waals surface area (Å²) in [5.74, 6) is 1.20. The van der Waals surface area contributed by atoms with Gasteiger partial charge in [-0.2, -0.15) is 0 Å². The van der Waals surface area contributed by atoms with Gasteiger partial charge in [0.2, 0.25) is 5.91 Å². The average Bonchev–Trinajstić information content (AvgIpc) is 3.43. The first-order valence-electron chi connectivity index (χ1n) is 10.0. The molecule has 1 aromatic carbocycles. The first kappa shape index (κ1) is 20.1. The van der Waals surface area contributed by atoms with Gasteiger partial charge in [0.05, 0.1) is 23.9 Å². The number of thiazole rings is 1. The van der Waals surface area contributed by atoms with Crippen molar-refractivity contribution in [2.24, 2.45) is 5.92 Å². The fourth-order valence-electron chi connectivity index (χ4n) is 3.65. The second-order valence-electron chi connectivity index (χ2n) is 7.33. The molecule has 0 aliphatic carbocycles. The number of hydrogen-bond donors (Lipinski definition) is 0. The molecule has 1 amide bonds. The van der Waals surface area contributed by atoms with Crippen molar-refractivity contribution in [3.8, 4) is 5.75 Å². The highest BCUT2D eigenvalue weighted by molar-refractivity contribution is 7.09. The van der Waals surface area contributed by atoms with Crippen LogP contribution in [-0.4, -0.2) is 48.4 Å². The van der Waals surface area contributed by atoms with Gasteiger partial charge in [0.1, 0.15) is 12.4 Å². The Labute approximate surface area is 175 Å². The van der Waals surface area contributed by atoms with Crippen LogP contribution in [0.3, 0.4) is 0 Å². The predicted molar refractivity (Wildman–Crippen MR) is 112 cm³/mol. The van der Waals surface area contributed by atoms with E-state index >= 15 is 0 Å². The minimum Gasteiger partial charge on any atom is -0.487 e. The van der Waals surface area contributed by atoms with Crippen LogP contribution in [0.5, 0.6) is 5.75 Å². The summed E-state index contributed by atoms with van der Waals surface area (Å²) in [7, 11) is 0. The number of carbonyl (C=O) groups is 1. The smallest absolute Gasteiger partial charge is 0.246 e. The van der Waals surface area contributed by atoms with Gasteiger partial charge >= 0.3 is 0 Å². The van der Waals surface area contributed by atoms with Gasteiger partial charge in [-0.3, -0.25) is 4.79 Å². The first-order valence-corrected chi connectivity index (χ1v) is 10.9. The number of aromatic nitrogens is 1. The van der Waals surface area contributed by atoms with Crippen molar-refractivity contribution in [1.82, 2.24) is 9.88 Å². The van der Waals surface area contributed by atoms with Crippen molar-refractivity contribution < 1.29 is 19.0 Å². The molecule has 154 valence electrons. The molecule has 3 heterocycles. The molecule has 0 N–H and O–H groups in total. The van der Waals surface area contributed by atoms with E-state index in [1.807, 2.05) is 47.5 Å². The molecule has 0 saturated carbocycles. The lowest BCUT2D eigenvalue weighted by molar-refractivity contribution is -0.131. The standard InChI is InChI=1S/C22H26N2O4S/c1-16-23-19(15-29-16)14-28-20-4-2-3-17(13-20)5-6-21(25)24-9-7-18(8-10-24)22-26-11-12-27-22/h2-6,13,15,18,22H,7-12,14H2,1H3/b6-5+. The number of rotatable bonds is 6. The number of nitrogens with zero attached hydrogens (tertiary/aromatic N) is 2. The maximum Gasteiger partial charge on any atom is 0.246 e. The van der Waals surface area contributed by atoms with Crippen molar-refractivity contribution in [2.45, 2.75) is 32.7 Å². The Hall–Kier alpha value is -2.22. The minimum absolute atomic E-state index is 0.0426. The van der Waals surface area contributed by atoms with Crippen molar-refractivity contribution in [3.63, 3.8) is 0 Å². The maximum absolute atomic E-state index is 12.5. The van der Waals surface area contributed by atoms with E-state index in [-0.39, 0.29) is 12.2 Å². The summed E-state index contributed by atoms with van der Waals surface area (Å²) in [4.78, 5) is 18.8. The highest BCUT2D eigenvalue weighted by Crippen LogP contribution is 2.26. The molecule has 1 aromatic heterocycles. The molecule has 2 aromatic rings. The summed E-state index contributed by atoms with van der Waals surface area (Å²) >= 11 is 1.62. The monoisotopic (exact) mass is 414 g/mol. The lowest BCUT2D eigenvalue weighted by Crippen LogP contribution is -2.40. The number of ether oxygens (including phenoxy) is 3. The van der Waals surface area contributed by atoms with Gasteiger partial charge < -0.3 is 19.1 Å². The average molecular weight is 415 g/mol. The molecular weight excluding hydrogens is 388 g/mol. The molecule has 0 bridgehead atoms. The number of piperidine rings is 1. The zero-order valence-electron chi connectivity index (χ0n) is 16.6. The molecule has 2 saturated heterocycles. The predicted octanol–water partition coefficient (Wildman–Crippen LogP) is 3.66. The Balaban J connectivity index is 1.27. The van der Waals surface area contributed by atoms with Crippen molar-refractivity contribution >= 4 is 23.3 Å². The Morgan fingerprint density at radius 3 is 2.83 bits per heavy atom. The number of hydrogen-bond acceptors (Lipinski definition) is 6. The Bertz CT molecular complexity index is 852. The number of likely N-dealkylation sites (tertiary alicyclic amines) is 1. The second-order valence-corrected chi connectivity index (χ2v) is 8.39. The molecule has 0 radical (unpaired) electrons. The van der Waals surface area contributed by atoms with Gasteiger partial charge in [-0.25, -0.2) is 4.98 Å². The van der Waals surface area contributed by atoms with Crippen molar-refractivity contribution in [1.29, 1.82) is 0 Å². The van der Waals surface area contributed by atoms with Crippen LogP contribution in [0.4, 0.5) is 0 Å². The summed E-state index contributed by atoms with van der Waals surface area (Å²) in [6.07, 6.45) is 5.25. The van der Waals surface area contributed by atoms with Crippen LogP contribution >= 0.6 is 11.3 Å². The van der Waals surface area contributed by atoms with E-state index in [1.165, 1.54) is 0 Å². The van der Waals surface area contributed by atoms with E-state index in [0.717, 1.165) is 47.9 Å². The number of amides is 1. The number of carbonyl (C=O) groups excluding carboxylic acids is 1. The fourth-order valence-corrected chi connectivity index (χ4v) is 4.25. The normalized spacial score (nSPS) is 18.6. The minimum atomic E-state index is -0.0845. The van der Waals surface area contributed by atoms with Crippen LogP contribution in [0.2, 0.25) is 0 Å². The SMILES string of the molecule is Cc1nc(COc2cccc(/C=C/C(=O)N3CCC(C4OCCO4)CC3)c2)cs1. The van der Waals surface area contributed by atoms with E-state index in [1.54, 1.807) is 17.4 Å². The van der Waals surface area contributed by atoms with Crippen LogP contribution in [0.25, 0.3) is 6.08 Å². The van der Waals surface area contributed by atoms with Gasteiger partial charge in [0, 0.05) is 30.5 Å². The van der Waals surface area contributed by atoms with Gasteiger partial charge in [-0.1, -0.05) is 12.1 Å². The number of aryl methyl sites for hydroxylation is 1. The van der Waals surface area contributed by atoms with Gasteiger partial charge in [-0.05, 0) is 43.5 Å². The third-order valence-electron chi connectivity index (χ3n) is 5.21. The zero-order chi connectivity index (χ0) is 20.1. The summed E-state index contributed by atoms with van der Waals surface area (Å²) in [5, 5.41) is 3.04. The molecule has 6 nitrogen and oxygen atoms in total. The van der Waals surface area contributed by atoms with Crippen LogP contribution in [0.1, 0.15) is 29.1 Å². The molecule has 4 rings (SSSR count). The Kier molecular flexibility index (Phi) is 6.59. The quantitative estimate of drug-likeness (QED) is 0.675. The molecule has 2 aliphatic rings. The van der Waals surface area contributed by atoms with Crippen molar-refractivity contribution in [3.05, 3.63) is 52.0 Å². The summed E-state index contributed by atoms with van der Waals surface area (Å²) in [6.45, 7) is 5.27. The molecule has 7 heteroatoms. The number of benzene rings is 1. The summed E-state index contributed by atoms with van der Waals surface area (Å²) in [5.41, 5.74) is 1.87. The lowest BCUT2D eigenvalue weighted by Gasteiger charge is -2.33. The van der Waals surface area contributed by atoms with Crippen LogP contribution in [-0.2, 0) is 20.9 Å². The van der Waals surface area contributed by atoms with Crippen molar-refractivity contribution in [2.75, 3.05) is 26.3 Å². The maximum atomic E-state index is 12.5. The zero-order valence-corrected chi connectivity index (χ0v) is 17.4. The van der Waals surface area contributed by atoms with E-state index in [0.29, 0.717) is 25.7 Å². The van der Waals surface area contributed by atoms with Crippen LogP contribution in [0.15, 0.2) is 35.7 Å². The molecule has 2 aliphatic heterocycles. The largest absolute Gasteiger partial charge is 0.487 e. The van der Waals surface area contributed by atoms with E-state index in [4.69, 9.17) is 14.2 Å². The molecule has 2 fully saturated rings. The molecule has 0 unspecified atom stereocenters. The lowest BCUT2D eigenvalue weighted by atomic mass is 9.96. The fraction of sp³-hybridized carbons (Fsp3) is 0.455. The highest BCUT2D eigenvalue weighted by atomic mass is 32.1. The van der Waals surface area contributed by atoms with Gasteiger partial charge in [-0.15, -0.1) is 11.3 Å². The van der Waals surface area contributed by atoms with Crippen LogP contribution in [0, 0.1) is 12.8 Å². The first-order chi connectivity index (χ1) is 14.2. The van der Waals surface area contributed by atoms with Crippen LogP contribution < -0.4 is 4.74 Å². The summed E-state index contributed by atoms with van der Waals surface area (Å²) < 4.78 is 17.0. The topological polar surface area (TPSA) is 60.9 Å². The van der Waals surface area contributed by atoms with E-state index in [2.05, 4.69) is 4.98 Å². The molecule has 0 spiro atoms. The van der Waals surface area contributed by atoms with Gasteiger partial charge in [0.15, 0.2) is 6.29 Å². The second kappa shape index (κ2) is 9.52. The van der Waals surface area contributed by atoms with E-state index in [9.17, 15) is 4.79 Å². The highest BCUT2D eigenvalue weighted by Gasteiger charge is 2.31. The Morgan fingerprint density at radius 1 is 1.31 bits per heavy atom. The summed E-state index contributed by atoms with van der Waals surface area (Å²) in [6, 6.07) is 7.74. The third kappa shape index (κ3) is 5.44. The molecule has 0 atom stereocenters. The van der Waals surface area contributed by atoms with E-state index < -0.39 is 0 Å². The van der Waals surface area contributed by atoms with Gasteiger partial charge in [0.25, 0.3) is 0 Å².